The van der Waals surface area contributed by atoms with Crippen LogP contribution in [0.15, 0.2) is 18.2 Å². The molecule has 1 saturated heterocycles. The number of rotatable bonds is 3. The standard InChI is InChI=1S/C13H16Cl2N2O/c1-17(13(18)11-6-3-7-16-11)8-9-4-2-5-10(14)12(9)15/h2,4-5,11,16H,3,6-8H2,1H3. The highest BCUT2D eigenvalue weighted by atomic mass is 35.5. The Labute approximate surface area is 117 Å². The average Bonchev–Trinajstić information content (AvgIpc) is 2.87. The monoisotopic (exact) mass is 286 g/mol. The van der Waals surface area contributed by atoms with E-state index in [1.807, 2.05) is 12.1 Å². The Morgan fingerprint density at radius 2 is 2.28 bits per heavy atom. The van der Waals surface area contributed by atoms with E-state index in [9.17, 15) is 4.79 Å². The molecule has 0 spiro atoms. The van der Waals surface area contributed by atoms with E-state index in [1.165, 1.54) is 0 Å². The largest absolute Gasteiger partial charge is 0.340 e. The van der Waals surface area contributed by atoms with Crippen LogP contribution in [0.2, 0.25) is 10.0 Å². The van der Waals surface area contributed by atoms with E-state index in [0.29, 0.717) is 16.6 Å². The number of benzene rings is 1. The van der Waals surface area contributed by atoms with Gasteiger partial charge in [-0.2, -0.15) is 0 Å². The molecule has 1 aliphatic heterocycles. The van der Waals surface area contributed by atoms with E-state index in [2.05, 4.69) is 5.32 Å². The van der Waals surface area contributed by atoms with Gasteiger partial charge in [-0.1, -0.05) is 35.3 Å². The van der Waals surface area contributed by atoms with Crippen molar-refractivity contribution in [1.29, 1.82) is 0 Å². The molecule has 1 amide bonds. The van der Waals surface area contributed by atoms with Crippen LogP contribution in [-0.2, 0) is 11.3 Å². The van der Waals surface area contributed by atoms with Gasteiger partial charge >= 0.3 is 0 Å². The van der Waals surface area contributed by atoms with Gasteiger partial charge in [-0.05, 0) is 31.0 Å². The summed E-state index contributed by atoms with van der Waals surface area (Å²) in [6, 6.07) is 5.43. The average molecular weight is 287 g/mol. The van der Waals surface area contributed by atoms with Gasteiger partial charge < -0.3 is 10.2 Å². The molecule has 2 rings (SSSR count). The highest BCUT2D eigenvalue weighted by Gasteiger charge is 2.25. The van der Waals surface area contributed by atoms with Crippen molar-refractivity contribution in [3.8, 4) is 0 Å². The Morgan fingerprint density at radius 3 is 2.94 bits per heavy atom. The second kappa shape index (κ2) is 5.91. The second-order valence-electron chi connectivity index (χ2n) is 4.56. The van der Waals surface area contributed by atoms with Crippen LogP contribution >= 0.6 is 23.2 Å². The van der Waals surface area contributed by atoms with Crippen LogP contribution < -0.4 is 5.32 Å². The van der Waals surface area contributed by atoms with E-state index in [4.69, 9.17) is 23.2 Å². The molecule has 98 valence electrons. The van der Waals surface area contributed by atoms with Crippen LogP contribution in [0.4, 0.5) is 0 Å². The van der Waals surface area contributed by atoms with Crippen molar-refractivity contribution < 1.29 is 4.79 Å². The molecule has 1 unspecified atom stereocenters. The smallest absolute Gasteiger partial charge is 0.239 e. The lowest BCUT2D eigenvalue weighted by Gasteiger charge is -2.21. The van der Waals surface area contributed by atoms with E-state index in [-0.39, 0.29) is 11.9 Å². The Morgan fingerprint density at radius 1 is 1.50 bits per heavy atom. The van der Waals surface area contributed by atoms with Crippen LogP contribution in [0.25, 0.3) is 0 Å². The number of carbonyl (C=O) groups is 1. The first-order valence-electron chi connectivity index (χ1n) is 6.01. The fourth-order valence-corrected chi connectivity index (χ4v) is 2.55. The minimum atomic E-state index is -0.0482. The Bertz CT molecular complexity index is 445. The zero-order chi connectivity index (χ0) is 13.1. The van der Waals surface area contributed by atoms with Crippen molar-refractivity contribution in [2.75, 3.05) is 13.6 Å². The summed E-state index contributed by atoms with van der Waals surface area (Å²) in [5.74, 6) is 0.114. The summed E-state index contributed by atoms with van der Waals surface area (Å²) in [6.07, 6.45) is 1.97. The third-order valence-electron chi connectivity index (χ3n) is 3.17. The molecular formula is C13H16Cl2N2O. The van der Waals surface area contributed by atoms with Gasteiger partial charge in [0.05, 0.1) is 16.1 Å². The zero-order valence-corrected chi connectivity index (χ0v) is 11.8. The Kier molecular flexibility index (Phi) is 4.49. The van der Waals surface area contributed by atoms with E-state index in [1.54, 1.807) is 18.0 Å². The summed E-state index contributed by atoms with van der Waals surface area (Å²) in [5, 5.41) is 4.25. The molecular weight excluding hydrogens is 271 g/mol. The lowest BCUT2D eigenvalue weighted by atomic mass is 10.1. The van der Waals surface area contributed by atoms with Crippen molar-refractivity contribution in [3.05, 3.63) is 33.8 Å². The predicted molar refractivity (Wildman–Crippen MR) is 74.0 cm³/mol. The molecule has 18 heavy (non-hydrogen) atoms. The third kappa shape index (κ3) is 2.97. The number of amides is 1. The van der Waals surface area contributed by atoms with Gasteiger partial charge in [-0.25, -0.2) is 0 Å². The number of hydrogen-bond donors (Lipinski definition) is 1. The number of carbonyl (C=O) groups excluding carboxylic acids is 1. The predicted octanol–water partition coefficient (Wildman–Crippen LogP) is 2.70. The van der Waals surface area contributed by atoms with Gasteiger partial charge in [0.25, 0.3) is 0 Å². The van der Waals surface area contributed by atoms with Gasteiger partial charge in [-0.15, -0.1) is 0 Å². The summed E-state index contributed by atoms with van der Waals surface area (Å²) in [5.41, 5.74) is 0.873. The van der Waals surface area contributed by atoms with E-state index >= 15 is 0 Å². The van der Waals surface area contributed by atoms with Crippen molar-refractivity contribution in [1.82, 2.24) is 10.2 Å². The highest BCUT2D eigenvalue weighted by molar-refractivity contribution is 6.42. The van der Waals surface area contributed by atoms with Crippen LogP contribution in [0, 0.1) is 0 Å². The van der Waals surface area contributed by atoms with Gasteiger partial charge in [0, 0.05) is 13.6 Å². The number of nitrogens with zero attached hydrogens (tertiary/aromatic N) is 1. The van der Waals surface area contributed by atoms with E-state index in [0.717, 1.165) is 24.9 Å². The summed E-state index contributed by atoms with van der Waals surface area (Å²) < 4.78 is 0. The van der Waals surface area contributed by atoms with Crippen molar-refractivity contribution in [2.24, 2.45) is 0 Å². The maximum Gasteiger partial charge on any atom is 0.239 e. The van der Waals surface area contributed by atoms with Crippen molar-refractivity contribution >= 4 is 29.1 Å². The number of likely N-dealkylation sites (N-methyl/N-ethyl adjacent to an activating group) is 1. The topological polar surface area (TPSA) is 32.3 Å². The van der Waals surface area contributed by atoms with Crippen LogP contribution in [-0.4, -0.2) is 30.4 Å². The van der Waals surface area contributed by atoms with Gasteiger partial charge in [0.15, 0.2) is 0 Å². The highest BCUT2D eigenvalue weighted by Crippen LogP contribution is 2.26. The molecule has 5 heteroatoms. The van der Waals surface area contributed by atoms with Crippen molar-refractivity contribution in [2.45, 2.75) is 25.4 Å². The Balaban J connectivity index is 2.04. The quantitative estimate of drug-likeness (QED) is 0.927. The molecule has 1 aliphatic rings. The summed E-state index contributed by atoms with van der Waals surface area (Å²) >= 11 is 12.1. The molecule has 0 radical (unpaired) electrons. The third-order valence-corrected chi connectivity index (χ3v) is 4.03. The molecule has 1 aromatic carbocycles. The Hall–Kier alpha value is -0.770. The molecule has 0 saturated carbocycles. The van der Waals surface area contributed by atoms with Crippen molar-refractivity contribution in [3.63, 3.8) is 0 Å². The molecule has 3 nitrogen and oxygen atoms in total. The van der Waals surface area contributed by atoms with Crippen LogP contribution in [0.5, 0.6) is 0 Å². The lowest BCUT2D eigenvalue weighted by Crippen LogP contribution is -2.41. The summed E-state index contributed by atoms with van der Waals surface area (Å²) in [6.45, 7) is 1.40. The molecule has 0 aromatic heterocycles. The van der Waals surface area contributed by atoms with Gasteiger partial charge in [0.2, 0.25) is 5.91 Å². The first kappa shape index (κ1) is 13.7. The van der Waals surface area contributed by atoms with Crippen LogP contribution in [0.3, 0.4) is 0 Å². The number of halogens is 2. The maximum absolute atomic E-state index is 12.1. The molecule has 1 aromatic rings. The molecule has 1 N–H and O–H groups in total. The lowest BCUT2D eigenvalue weighted by molar-refractivity contribution is -0.132. The zero-order valence-electron chi connectivity index (χ0n) is 10.2. The molecule has 1 atom stereocenters. The molecule has 1 heterocycles. The summed E-state index contributed by atoms with van der Waals surface area (Å²) in [7, 11) is 1.79. The molecule has 0 bridgehead atoms. The fourth-order valence-electron chi connectivity index (χ4n) is 2.17. The number of nitrogens with one attached hydrogen (secondary N) is 1. The van der Waals surface area contributed by atoms with Crippen LogP contribution in [0.1, 0.15) is 18.4 Å². The SMILES string of the molecule is CN(Cc1cccc(Cl)c1Cl)C(=O)C1CCCN1. The maximum atomic E-state index is 12.1. The minimum Gasteiger partial charge on any atom is -0.340 e. The van der Waals surface area contributed by atoms with E-state index < -0.39 is 0 Å². The first-order valence-corrected chi connectivity index (χ1v) is 6.76. The minimum absolute atomic E-state index is 0.0482. The second-order valence-corrected chi connectivity index (χ2v) is 5.34. The fraction of sp³-hybridized carbons (Fsp3) is 0.462. The normalized spacial score (nSPS) is 18.9. The van der Waals surface area contributed by atoms with Gasteiger partial charge in [0.1, 0.15) is 0 Å². The molecule has 1 fully saturated rings. The molecule has 0 aliphatic carbocycles. The number of hydrogen-bond acceptors (Lipinski definition) is 2. The summed E-state index contributed by atoms with van der Waals surface area (Å²) in [4.78, 5) is 13.8. The van der Waals surface area contributed by atoms with Gasteiger partial charge in [-0.3, -0.25) is 4.79 Å². The first-order chi connectivity index (χ1) is 8.59.